The summed E-state index contributed by atoms with van der Waals surface area (Å²) in [4.78, 5) is -0.539. The minimum Gasteiger partial charge on any atom is -0.382 e. The van der Waals surface area contributed by atoms with Gasteiger partial charge in [-0.1, -0.05) is 0 Å². The second-order valence-electron chi connectivity index (χ2n) is 3.49. The molecule has 1 rings (SSSR count). The first-order valence-electron chi connectivity index (χ1n) is 4.73. The zero-order chi connectivity index (χ0) is 14.8. The van der Waals surface area contributed by atoms with Gasteiger partial charge in [0.2, 0.25) is 10.0 Å². The Balaban J connectivity index is 2.85. The standard InChI is InChI=1S/C9H8BrF4NO3S/c10-6-2-1-5(3-7(6)11)19(17,18)15-4-8(16)9(12,13)14/h1-3,8,15-16H,4H2. The van der Waals surface area contributed by atoms with Crippen molar-refractivity contribution in [2.45, 2.75) is 17.2 Å². The Kier molecular flexibility index (Phi) is 4.93. The molecule has 0 fully saturated rings. The molecule has 0 bridgehead atoms. The molecule has 0 aromatic heterocycles. The van der Waals surface area contributed by atoms with Crippen molar-refractivity contribution in [3.05, 3.63) is 28.5 Å². The molecule has 108 valence electrons. The minimum absolute atomic E-state index is 0.0155. The Bertz CT molecular complexity index is 561. The molecule has 0 aliphatic heterocycles. The molecule has 0 saturated heterocycles. The average molecular weight is 366 g/mol. The molecular formula is C9H8BrF4NO3S. The van der Waals surface area contributed by atoms with Crippen molar-refractivity contribution >= 4 is 26.0 Å². The van der Waals surface area contributed by atoms with Crippen LogP contribution in [0.3, 0.4) is 0 Å². The molecule has 0 aliphatic rings. The lowest BCUT2D eigenvalue weighted by atomic mass is 10.3. The van der Waals surface area contributed by atoms with Crippen LogP contribution < -0.4 is 4.72 Å². The largest absolute Gasteiger partial charge is 0.415 e. The molecule has 0 aliphatic carbocycles. The van der Waals surface area contributed by atoms with E-state index in [0.29, 0.717) is 6.07 Å². The molecule has 1 aromatic carbocycles. The number of aliphatic hydroxyl groups excluding tert-OH is 1. The van der Waals surface area contributed by atoms with Gasteiger partial charge in [0.1, 0.15) is 5.82 Å². The van der Waals surface area contributed by atoms with E-state index in [1.165, 1.54) is 0 Å². The molecule has 0 heterocycles. The van der Waals surface area contributed by atoms with Gasteiger partial charge in [0.25, 0.3) is 0 Å². The fourth-order valence-electron chi connectivity index (χ4n) is 1.03. The molecule has 4 nitrogen and oxygen atoms in total. The summed E-state index contributed by atoms with van der Waals surface area (Å²) in [6.45, 7) is -1.25. The number of hydrogen-bond donors (Lipinski definition) is 2. The average Bonchev–Trinajstić information content (AvgIpc) is 2.28. The van der Waals surface area contributed by atoms with Gasteiger partial charge in [-0.25, -0.2) is 17.5 Å². The van der Waals surface area contributed by atoms with Crippen LogP contribution in [0.25, 0.3) is 0 Å². The van der Waals surface area contributed by atoms with Crippen molar-refractivity contribution in [3.8, 4) is 0 Å². The molecule has 19 heavy (non-hydrogen) atoms. The lowest BCUT2D eigenvalue weighted by Crippen LogP contribution is -2.40. The highest BCUT2D eigenvalue weighted by atomic mass is 79.9. The topological polar surface area (TPSA) is 66.4 Å². The van der Waals surface area contributed by atoms with Crippen LogP contribution in [0, 0.1) is 5.82 Å². The molecule has 10 heteroatoms. The maximum atomic E-state index is 13.1. The Morgan fingerprint density at radius 2 is 1.95 bits per heavy atom. The first-order valence-corrected chi connectivity index (χ1v) is 7.01. The van der Waals surface area contributed by atoms with E-state index in [1.807, 2.05) is 0 Å². The summed E-state index contributed by atoms with van der Waals surface area (Å²) >= 11 is 2.81. The van der Waals surface area contributed by atoms with Gasteiger partial charge in [0.05, 0.1) is 9.37 Å². The predicted octanol–water partition coefficient (Wildman–Crippen LogP) is 1.79. The Morgan fingerprint density at radius 1 is 1.37 bits per heavy atom. The normalized spacial score (nSPS) is 14.4. The van der Waals surface area contributed by atoms with Crippen LogP contribution >= 0.6 is 15.9 Å². The van der Waals surface area contributed by atoms with Gasteiger partial charge >= 0.3 is 6.18 Å². The van der Waals surface area contributed by atoms with Crippen LogP contribution in [0.5, 0.6) is 0 Å². The zero-order valence-corrected chi connectivity index (χ0v) is 11.5. The Morgan fingerprint density at radius 3 is 2.42 bits per heavy atom. The van der Waals surface area contributed by atoms with Crippen molar-refractivity contribution in [1.82, 2.24) is 4.72 Å². The Labute approximate surface area is 114 Å². The van der Waals surface area contributed by atoms with Crippen LogP contribution in [0.15, 0.2) is 27.6 Å². The highest BCUT2D eigenvalue weighted by molar-refractivity contribution is 9.10. The molecule has 0 radical (unpaired) electrons. The maximum absolute atomic E-state index is 13.1. The van der Waals surface area contributed by atoms with Gasteiger partial charge in [-0.2, -0.15) is 13.2 Å². The summed E-state index contributed by atoms with van der Waals surface area (Å²) in [7, 11) is -4.33. The van der Waals surface area contributed by atoms with Gasteiger partial charge in [-0.3, -0.25) is 0 Å². The molecule has 1 unspecified atom stereocenters. The van der Waals surface area contributed by atoms with E-state index in [4.69, 9.17) is 5.11 Å². The van der Waals surface area contributed by atoms with Crippen molar-refractivity contribution in [1.29, 1.82) is 0 Å². The van der Waals surface area contributed by atoms with Crippen LogP contribution in [0.1, 0.15) is 0 Å². The van der Waals surface area contributed by atoms with E-state index in [2.05, 4.69) is 15.9 Å². The summed E-state index contributed by atoms with van der Waals surface area (Å²) in [6, 6.07) is 2.76. The molecular weight excluding hydrogens is 358 g/mol. The second kappa shape index (κ2) is 5.73. The maximum Gasteiger partial charge on any atom is 0.415 e. The van der Waals surface area contributed by atoms with Crippen LogP contribution in [-0.4, -0.2) is 32.3 Å². The summed E-state index contributed by atoms with van der Waals surface area (Å²) in [5.74, 6) is -0.876. The lowest BCUT2D eigenvalue weighted by Gasteiger charge is -2.15. The van der Waals surface area contributed by atoms with Crippen molar-refractivity contribution in [2.24, 2.45) is 0 Å². The molecule has 1 aromatic rings. The van der Waals surface area contributed by atoms with E-state index in [1.54, 1.807) is 4.72 Å². The molecule has 0 saturated carbocycles. The number of rotatable bonds is 4. The highest BCUT2D eigenvalue weighted by Gasteiger charge is 2.38. The van der Waals surface area contributed by atoms with Crippen molar-refractivity contribution in [2.75, 3.05) is 6.54 Å². The summed E-state index contributed by atoms with van der Waals surface area (Å²) in [6.07, 6.45) is -7.77. The van der Waals surface area contributed by atoms with E-state index in [9.17, 15) is 26.0 Å². The number of hydrogen-bond acceptors (Lipinski definition) is 3. The van der Waals surface area contributed by atoms with E-state index in [-0.39, 0.29) is 4.47 Å². The quantitative estimate of drug-likeness (QED) is 0.799. The first kappa shape index (κ1) is 16.3. The van der Waals surface area contributed by atoms with E-state index >= 15 is 0 Å². The molecule has 1 atom stereocenters. The van der Waals surface area contributed by atoms with Crippen molar-refractivity contribution < 1.29 is 31.1 Å². The summed E-state index contributed by atoms with van der Waals surface area (Å²) < 4.78 is 73.8. The van der Waals surface area contributed by atoms with Gasteiger partial charge in [0, 0.05) is 6.54 Å². The smallest absolute Gasteiger partial charge is 0.382 e. The number of nitrogens with one attached hydrogen (secondary N) is 1. The van der Waals surface area contributed by atoms with Crippen LogP contribution in [0.2, 0.25) is 0 Å². The third kappa shape index (κ3) is 4.41. The monoisotopic (exact) mass is 365 g/mol. The predicted molar refractivity (Wildman–Crippen MR) is 61.4 cm³/mol. The van der Waals surface area contributed by atoms with Gasteiger partial charge in [-0.05, 0) is 34.1 Å². The minimum atomic E-state index is -4.94. The second-order valence-corrected chi connectivity index (χ2v) is 6.11. The molecule has 2 N–H and O–H groups in total. The van der Waals surface area contributed by atoms with Crippen LogP contribution in [-0.2, 0) is 10.0 Å². The van der Waals surface area contributed by atoms with E-state index < -0.39 is 39.6 Å². The van der Waals surface area contributed by atoms with Crippen LogP contribution in [0.4, 0.5) is 17.6 Å². The summed E-state index contributed by atoms with van der Waals surface area (Å²) in [5.41, 5.74) is 0. The zero-order valence-electron chi connectivity index (χ0n) is 9.08. The molecule has 0 amide bonds. The van der Waals surface area contributed by atoms with Gasteiger partial charge in [-0.15, -0.1) is 0 Å². The fourth-order valence-corrected chi connectivity index (χ4v) is 2.33. The number of alkyl halides is 3. The van der Waals surface area contributed by atoms with E-state index in [0.717, 1.165) is 12.1 Å². The number of aliphatic hydroxyl groups is 1. The molecule has 0 spiro atoms. The number of sulfonamides is 1. The summed E-state index contributed by atoms with van der Waals surface area (Å²) in [5, 5.41) is 8.66. The van der Waals surface area contributed by atoms with Gasteiger partial charge in [0.15, 0.2) is 6.10 Å². The third-order valence-corrected chi connectivity index (χ3v) is 4.11. The van der Waals surface area contributed by atoms with Gasteiger partial charge < -0.3 is 5.11 Å². The number of benzene rings is 1. The third-order valence-electron chi connectivity index (χ3n) is 2.05. The lowest BCUT2D eigenvalue weighted by molar-refractivity contribution is -0.200. The fraction of sp³-hybridized carbons (Fsp3) is 0.333. The first-order chi connectivity index (χ1) is 8.54. The van der Waals surface area contributed by atoms with Crippen molar-refractivity contribution in [3.63, 3.8) is 0 Å². The number of halogens is 5. The SMILES string of the molecule is O=S(=O)(NCC(O)C(F)(F)F)c1ccc(Br)c(F)c1. The Hall–Kier alpha value is -0.710. The highest BCUT2D eigenvalue weighted by Crippen LogP contribution is 2.21.